The van der Waals surface area contributed by atoms with Crippen LogP contribution in [0, 0.1) is 0 Å². The van der Waals surface area contributed by atoms with Crippen LogP contribution < -0.4 is 11.3 Å². The minimum absolute atomic E-state index is 0.00373. The van der Waals surface area contributed by atoms with Gasteiger partial charge in [0.05, 0.1) is 6.33 Å². The number of rotatable bonds is 1. The highest BCUT2D eigenvalue weighted by Gasteiger charge is 2.78. The number of ether oxygens (including phenoxy) is 1. The zero-order valence-electron chi connectivity index (χ0n) is 9.89. The van der Waals surface area contributed by atoms with Crippen LogP contribution in [0.3, 0.4) is 0 Å². The van der Waals surface area contributed by atoms with Crippen LogP contribution in [0.5, 0.6) is 0 Å². The summed E-state index contributed by atoms with van der Waals surface area (Å²) in [5.74, 6) is -0.128. The van der Waals surface area contributed by atoms with E-state index in [4.69, 9.17) is 10.5 Å². The molecule has 5 N–H and O–H groups in total. The Morgan fingerprint density at radius 1 is 1.50 bits per heavy atom. The molecule has 0 radical (unpaired) electrons. The van der Waals surface area contributed by atoms with Crippen LogP contribution in [0.15, 0.2) is 11.1 Å². The summed E-state index contributed by atoms with van der Waals surface area (Å²) in [4.78, 5) is 21.7. The highest BCUT2D eigenvalue weighted by Crippen LogP contribution is 2.56. The van der Waals surface area contributed by atoms with Gasteiger partial charge in [0.2, 0.25) is 5.95 Å². The number of aliphatic hydroxyl groups excluding tert-OH is 2. The van der Waals surface area contributed by atoms with Crippen molar-refractivity contribution < 1.29 is 19.3 Å². The molecular weight excluding hydrogens is 273 g/mol. The fraction of sp³-hybridized carbons (Fsp3) is 0.500. The molecule has 1 saturated carbocycles. The van der Waals surface area contributed by atoms with E-state index >= 15 is 0 Å². The van der Waals surface area contributed by atoms with Crippen molar-refractivity contribution in [1.82, 2.24) is 19.5 Å². The number of alkyl halides is 1. The lowest BCUT2D eigenvalue weighted by molar-refractivity contribution is -0.0803. The van der Waals surface area contributed by atoms with E-state index in [9.17, 15) is 19.4 Å². The minimum atomic E-state index is -2.19. The van der Waals surface area contributed by atoms with E-state index in [0.29, 0.717) is 0 Å². The molecule has 1 aliphatic heterocycles. The number of aromatic amines is 1. The quantitative estimate of drug-likeness (QED) is 0.476. The van der Waals surface area contributed by atoms with Crippen molar-refractivity contribution in [3.63, 3.8) is 0 Å². The SMILES string of the molecule is Nc1nc2c(ncn2C2O[C@@H]3C(O)[C@]3(F)[C@H]2O)c(=O)[nH]1. The molecule has 1 aliphatic carbocycles. The van der Waals surface area contributed by atoms with E-state index in [1.165, 1.54) is 10.9 Å². The summed E-state index contributed by atoms with van der Waals surface area (Å²) in [6, 6.07) is 0. The van der Waals surface area contributed by atoms with E-state index in [0.717, 1.165) is 0 Å². The van der Waals surface area contributed by atoms with Crippen LogP contribution in [0.2, 0.25) is 0 Å². The molecule has 4 rings (SSSR count). The molecule has 5 atom stereocenters. The lowest BCUT2D eigenvalue weighted by Gasteiger charge is -2.21. The van der Waals surface area contributed by atoms with Crippen LogP contribution in [-0.4, -0.2) is 53.7 Å². The number of halogens is 1. The lowest BCUT2D eigenvalue weighted by atomic mass is 10.2. The zero-order chi connectivity index (χ0) is 14.2. The normalized spacial score (nSPS) is 39.1. The highest BCUT2D eigenvalue weighted by atomic mass is 19.1. The Bertz CT molecular complexity index is 775. The van der Waals surface area contributed by atoms with Gasteiger partial charge in [0.15, 0.2) is 23.1 Å². The van der Waals surface area contributed by atoms with E-state index in [1.54, 1.807) is 0 Å². The molecule has 1 saturated heterocycles. The molecule has 2 aliphatic rings. The van der Waals surface area contributed by atoms with Crippen LogP contribution in [0.4, 0.5) is 10.3 Å². The molecule has 2 aromatic rings. The molecule has 0 bridgehead atoms. The molecule has 106 valence electrons. The van der Waals surface area contributed by atoms with Crippen molar-refractivity contribution in [2.45, 2.75) is 30.2 Å². The van der Waals surface area contributed by atoms with Crippen molar-refractivity contribution in [1.29, 1.82) is 0 Å². The Morgan fingerprint density at radius 3 is 2.90 bits per heavy atom. The predicted molar refractivity (Wildman–Crippen MR) is 62.3 cm³/mol. The number of nitrogens with one attached hydrogen (secondary N) is 1. The number of H-pyrrole nitrogens is 1. The van der Waals surface area contributed by atoms with Crippen LogP contribution in [0.1, 0.15) is 6.23 Å². The van der Waals surface area contributed by atoms with Crippen LogP contribution in [-0.2, 0) is 4.74 Å². The summed E-state index contributed by atoms with van der Waals surface area (Å²) in [6.45, 7) is 0. The zero-order valence-corrected chi connectivity index (χ0v) is 9.89. The smallest absolute Gasteiger partial charge is 0.280 e. The van der Waals surface area contributed by atoms with Crippen molar-refractivity contribution in [2.75, 3.05) is 5.73 Å². The molecular formula is C10H10FN5O4. The van der Waals surface area contributed by atoms with Crippen molar-refractivity contribution >= 4 is 17.1 Å². The third-order valence-corrected chi connectivity index (χ3v) is 3.80. The van der Waals surface area contributed by atoms with Crippen molar-refractivity contribution in [3.8, 4) is 0 Å². The van der Waals surface area contributed by atoms with Gasteiger partial charge in [-0.2, -0.15) is 4.98 Å². The number of aliphatic hydroxyl groups is 2. The van der Waals surface area contributed by atoms with Crippen LogP contribution >= 0.6 is 0 Å². The third kappa shape index (κ3) is 1.18. The molecule has 20 heavy (non-hydrogen) atoms. The summed E-state index contributed by atoms with van der Waals surface area (Å²) in [5, 5.41) is 19.3. The Hall–Kier alpha value is -2.04. The second-order valence-electron chi connectivity index (χ2n) is 4.94. The molecule has 9 nitrogen and oxygen atoms in total. The molecule has 3 heterocycles. The number of anilines is 1. The second-order valence-corrected chi connectivity index (χ2v) is 4.94. The summed E-state index contributed by atoms with van der Waals surface area (Å²) < 4.78 is 20.6. The molecule has 0 spiro atoms. The average molecular weight is 283 g/mol. The van der Waals surface area contributed by atoms with Gasteiger partial charge in [-0.25, -0.2) is 9.37 Å². The maximum Gasteiger partial charge on any atom is 0.280 e. The molecule has 0 amide bonds. The number of nitrogen functional groups attached to an aromatic ring is 1. The Balaban J connectivity index is 1.83. The largest absolute Gasteiger partial charge is 0.387 e. The number of hydrogen-bond donors (Lipinski definition) is 4. The Morgan fingerprint density at radius 2 is 2.25 bits per heavy atom. The van der Waals surface area contributed by atoms with Gasteiger partial charge in [-0.15, -0.1) is 0 Å². The topological polar surface area (TPSA) is 139 Å². The van der Waals surface area contributed by atoms with Gasteiger partial charge in [-0.05, 0) is 0 Å². The van der Waals surface area contributed by atoms with E-state index < -0.39 is 35.8 Å². The summed E-state index contributed by atoms with van der Waals surface area (Å²) in [7, 11) is 0. The maximum atomic E-state index is 14.1. The first-order valence-corrected chi connectivity index (χ1v) is 5.87. The number of fused-ring (bicyclic) bond motifs is 2. The minimum Gasteiger partial charge on any atom is -0.387 e. The standard InChI is InChI=1S/C10H10FN5O4/c11-10-3(17)5(10)20-8(4(10)18)16-1-13-2-6(16)14-9(12)15-7(2)19/h1,3-5,8,17-18H,(H3,12,14,15,19)/t3?,4-,5+,8?,10-/m0/s1. The number of aromatic nitrogens is 4. The highest BCUT2D eigenvalue weighted by molar-refractivity contribution is 5.70. The van der Waals surface area contributed by atoms with Gasteiger partial charge >= 0.3 is 0 Å². The fourth-order valence-corrected chi connectivity index (χ4v) is 2.64. The number of nitrogens with zero attached hydrogens (tertiary/aromatic N) is 3. The van der Waals surface area contributed by atoms with Gasteiger partial charge in [0.1, 0.15) is 18.3 Å². The first-order valence-electron chi connectivity index (χ1n) is 5.87. The molecule has 2 aromatic heterocycles. The number of nitrogens with two attached hydrogens (primary N) is 1. The number of imidazole rings is 1. The predicted octanol–water partition coefficient (Wildman–Crippen LogP) is -1.96. The van der Waals surface area contributed by atoms with Gasteiger partial charge in [0, 0.05) is 0 Å². The summed E-state index contributed by atoms with van der Waals surface area (Å²) in [6.07, 6.45) is -3.92. The summed E-state index contributed by atoms with van der Waals surface area (Å²) in [5.41, 5.74) is 2.80. The van der Waals surface area contributed by atoms with Crippen LogP contribution in [0.25, 0.3) is 11.2 Å². The third-order valence-electron chi connectivity index (χ3n) is 3.80. The fourth-order valence-electron chi connectivity index (χ4n) is 2.64. The lowest BCUT2D eigenvalue weighted by Crippen LogP contribution is -2.33. The first kappa shape index (κ1) is 11.8. The molecule has 2 unspecified atom stereocenters. The van der Waals surface area contributed by atoms with E-state index in [1.807, 2.05) is 0 Å². The Labute approximate surface area is 109 Å². The molecule has 0 aromatic carbocycles. The molecule has 2 fully saturated rings. The Kier molecular flexibility index (Phi) is 1.96. The van der Waals surface area contributed by atoms with E-state index in [-0.39, 0.29) is 17.1 Å². The van der Waals surface area contributed by atoms with Crippen molar-refractivity contribution in [2.24, 2.45) is 0 Å². The number of hydrogen-bond acceptors (Lipinski definition) is 7. The van der Waals surface area contributed by atoms with Gasteiger partial charge < -0.3 is 20.7 Å². The van der Waals surface area contributed by atoms with Crippen molar-refractivity contribution in [3.05, 3.63) is 16.7 Å². The van der Waals surface area contributed by atoms with Gasteiger partial charge in [-0.1, -0.05) is 0 Å². The molecule has 10 heteroatoms. The second kappa shape index (κ2) is 3.34. The average Bonchev–Trinajstić information content (AvgIpc) is 2.74. The maximum absolute atomic E-state index is 14.1. The van der Waals surface area contributed by atoms with Gasteiger partial charge in [-0.3, -0.25) is 14.3 Å². The summed E-state index contributed by atoms with van der Waals surface area (Å²) >= 11 is 0. The van der Waals surface area contributed by atoms with Gasteiger partial charge in [0.25, 0.3) is 5.56 Å². The van der Waals surface area contributed by atoms with E-state index in [2.05, 4.69) is 15.0 Å². The monoisotopic (exact) mass is 283 g/mol. The first-order chi connectivity index (χ1) is 9.44.